The first-order valence-corrected chi connectivity index (χ1v) is 7.64. The highest BCUT2D eigenvalue weighted by Crippen LogP contribution is 2.41. The van der Waals surface area contributed by atoms with E-state index < -0.39 is 0 Å². The molecule has 0 N–H and O–H groups in total. The Morgan fingerprint density at radius 2 is 1.68 bits per heavy atom. The maximum Gasteiger partial charge on any atom is 0.0672 e. The quantitative estimate of drug-likeness (QED) is 0.742. The summed E-state index contributed by atoms with van der Waals surface area (Å²) in [6.07, 6.45) is 3.45. The average Bonchev–Trinajstić information content (AvgIpc) is 2.24. The van der Waals surface area contributed by atoms with Gasteiger partial charge in [0.25, 0.3) is 0 Å². The van der Waals surface area contributed by atoms with E-state index in [4.69, 9.17) is 0 Å². The van der Waals surface area contributed by atoms with Crippen molar-refractivity contribution in [2.45, 2.75) is 66.8 Å². The minimum atomic E-state index is 0.214. The lowest BCUT2D eigenvalue weighted by Crippen LogP contribution is -2.46. The third kappa shape index (κ3) is 4.80. The molecule has 3 unspecified atom stereocenters. The van der Waals surface area contributed by atoms with Crippen molar-refractivity contribution in [1.29, 1.82) is 5.26 Å². The van der Waals surface area contributed by atoms with Crippen molar-refractivity contribution >= 4 is 0 Å². The third-order valence-electron chi connectivity index (χ3n) is 4.50. The van der Waals surface area contributed by atoms with Crippen molar-refractivity contribution in [3.63, 3.8) is 0 Å². The summed E-state index contributed by atoms with van der Waals surface area (Å²) in [4.78, 5) is 2.44. The summed E-state index contributed by atoms with van der Waals surface area (Å²) in [5.41, 5.74) is 0.657. The second-order valence-electron chi connectivity index (χ2n) is 8.65. The van der Waals surface area contributed by atoms with Crippen LogP contribution in [-0.2, 0) is 0 Å². The molecule has 0 saturated heterocycles. The Labute approximate surface area is 120 Å². The van der Waals surface area contributed by atoms with Crippen molar-refractivity contribution < 1.29 is 0 Å². The van der Waals surface area contributed by atoms with E-state index in [9.17, 15) is 5.26 Å². The smallest absolute Gasteiger partial charge is 0.0672 e. The Morgan fingerprint density at radius 3 is 2.11 bits per heavy atom. The third-order valence-corrected chi connectivity index (χ3v) is 4.50. The molecule has 1 aliphatic carbocycles. The number of nitriles is 1. The molecule has 0 aliphatic heterocycles. The molecule has 1 aliphatic rings. The van der Waals surface area contributed by atoms with Crippen molar-refractivity contribution in [1.82, 2.24) is 4.90 Å². The van der Waals surface area contributed by atoms with Gasteiger partial charge in [-0.1, -0.05) is 41.5 Å². The summed E-state index contributed by atoms with van der Waals surface area (Å²) in [7, 11) is 2.20. The van der Waals surface area contributed by atoms with Crippen LogP contribution in [0.5, 0.6) is 0 Å². The van der Waals surface area contributed by atoms with E-state index in [1.54, 1.807) is 0 Å². The molecule has 19 heavy (non-hydrogen) atoms. The molecule has 0 aromatic rings. The lowest BCUT2D eigenvalue weighted by atomic mass is 9.67. The topological polar surface area (TPSA) is 27.0 Å². The largest absolute Gasteiger partial charge is 0.302 e. The zero-order chi connectivity index (χ0) is 14.8. The van der Waals surface area contributed by atoms with E-state index >= 15 is 0 Å². The van der Waals surface area contributed by atoms with Gasteiger partial charge in [0.15, 0.2) is 0 Å². The van der Waals surface area contributed by atoms with Gasteiger partial charge in [0, 0.05) is 12.6 Å². The lowest BCUT2D eigenvalue weighted by Gasteiger charge is -2.44. The van der Waals surface area contributed by atoms with E-state index in [0.717, 1.165) is 18.9 Å². The van der Waals surface area contributed by atoms with E-state index in [1.165, 1.54) is 12.8 Å². The fourth-order valence-corrected chi connectivity index (χ4v) is 3.44. The molecule has 110 valence electrons. The summed E-state index contributed by atoms with van der Waals surface area (Å²) in [5, 5.41) is 9.42. The zero-order valence-electron chi connectivity index (χ0n) is 14.0. The first kappa shape index (κ1) is 16.5. The maximum atomic E-state index is 9.42. The molecule has 0 aromatic carbocycles. The van der Waals surface area contributed by atoms with Crippen LogP contribution in [0.1, 0.15) is 60.8 Å². The van der Waals surface area contributed by atoms with Crippen LogP contribution < -0.4 is 0 Å². The fourth-order valence-electron chi connectivity index (χ4n) is 3.44. The van der Waals surface area contributed by atoms with Gasteiger partial charge in [-0.25, -0.2) is 0 Å². The predicted octanol–water partition coefficient (Wildman–Crippen LogP) is 4.32. The van der Waals surface area contributed by atoms with Gasteiger partial charge in [-0.15, -0.1) is 0 Å². The van der Waals surface area contributed by atoms with E-state index in [0.29, 0.717) is 16.9 Å². The van der Waals surface area contributed by atoms with Crippen LogP contribution in [0.25, 0.3) is 0 Å². The standard InChI is InChI=1S/C17H32N2/c1-16(2,3)12-19(7)15-10-14(17(4,5)6)9-8-13(15)11-18/h13-15H,8-10,12H2,1-7H3. The van der Waals surface area contributed by atoms with Gasteiger partial charge in [-0.05, 0) is 43.1 Å². The summed E-state index contributed by atoms with van der Waals surface area (Å²) in [6, 6.07) is 2.98. The van der Waals surface area contributed by atoms with Crippen LogP contribution >= 0.6 is 0 Å². The highest BCUT2D eigenvalue weighted by molar-refractivity contribution is 4.99. The molecular formula is C17H32N2. The van der Waals surface area contributed by atoms with Crippen LogP contribution in [0.4, 0.5) is 0 Å². The molecule has 0 amide bonds. The van der Waals surface area contributed by atoms with E-state index in [-0.39, 0.29) is 5.92 Å². The Morgan fingerprint density at radius 1 is 1.11 bits per heavy atom. The second kappa shape index (κ2) is 5.83. The predicted molar refractivity (Wildman–Crippen MR) is 81.8 cm³/mol. The molecule has 0 spiro atoms. The number of nitrogens with zero attached hydrogens (tertiary/aromatic N) is 2. The molecule has 2 heteroatoms. The van der Waals surface area contributed by atoms with Gasteiger partial charge in [0.1, 0.15) is 0 Å². The van der Waals surface area contributed by atoms with Crippen LogP contribution in [0, 0.1) is 34.0 Å². The molecule has 1 rings (SSSR count). The molecule has 1 saturated carbocycles. The van der Waals surface area contributed by atoms with Crippen molar-refractivity contribution in [3.05, 3.63) is 0 Å². The zero-order valence-corrected chi connectivity index (χ0v) is 14.0. The lowest BCUT2D eigenvalue weighted by molar-refractivity contribution is 0.0579. The van der Waals surface area contributed by atoms with E-state index in [1.807, 2.05) is 0 Å². The van der Waals surface area contributed by atoms with Gasteiger partial charge in [-0.2, -0.15) is 5.26 Å². The summed E-state index contributed by atoms with van der Waals surface area (Å²) >= 11 is 0. The maximum absolute atomic E-state index is 9.42. The number of hydrogen-bond acceptors (Lipinski definition) is 2. The Hall–Kier alpha value is -0.550. The second-order valence-corrected chi connectivity index (χ2v) is 8.65. The molecule has 1 fully saturated rings. The first-order chi connectivity index (χ1) is 8.54. The highest BCUT2D eigenvalue weighted by Gasteiger charge is 2.38. The van der Waals surface area contributed by atoms with Crippen molar-refractivity contribution in [3.8, 4) is 6.07 Å². The molecule has 0 bridgehead atoms. The first-order valence-electron chi connectivity index (χ1n) is 7.64. The van der Waals surface area contributed by atoms with Crippen LogP contribution in [-0.4, -0.2) is 24.5 Å². The minimum absolute atomic E-state index is 0.214. The average molecular weight is 264 g/mol. The Balaban J connectivity index is 2.78. The van der Waals surface area contributed by atoms with Gasteiger partial charge >= 0.3 is 0 Å². The Kier molecular flexibility index (Phi) is 5.07. The van der Waals surface area contributed by atoms with Crippen molar-refractivity contribution in [2.24, 2.45) is 22.7 Å². The van der Waals surface area contributed by atoms with Crippen LogP contribution in [0.15, 0.2) is 0 Å². The number of rotatable bonds is 2. The van der Waals surface area contributed by atoms with E-state index in [2.05, 4.69) is 59.6 Å². The summed E-state index contributed by atoms with van der Waals surface area (Å²) in [6.45, 7) is 14.9. The monoisotopic (exact) mass is 264 g/mol. The van der Waals surface area contributed by atoms with Gasteiger partial charge in [0.2, 0.25) is 0 Å². The Bertz CT molecular complexity index is 327. The SMILES string of the molecule is CN(CC(C)(C)C)C1CC(C(C)(C)C)CCC1C#N. The minimum Gasteiger partial charge on any atom is -0.302 e. The summed E-state index contributed by atoms with van der Waals surface area (Å²) in [5.74, 6) is 0.954. The fraction of sp³-hybridized carbons (Fsp3) is 0.941. The van der Waals surface area contributed by atoms with Gasteiger partial charge in [-0.3, -0.25) is 0 Å². The molecule has 2 nitrogen and oxygen atoms in total. The highest BCUT2D eigenvalue weighted by atomic mass is 15.1. The molecular weight excluding hydrogens is 232 g/mol. The number of hydrogen-bond donors (Lipinski definition) is 0. The molecule has 0 aromatic heterocycles. The summed E-state index contributed by atoms with van der Waals surface area (Å²) < 4.78 is 0. The molecule has 0 radical (unpaired) electrons. The van der Waals surface area contributed by atoms with Crippen LogP contribution in [0.2, 0.25) is 0 Å². The van der Waals surface area contributed by atoms with Gasteiger partial charge < -0.3 is 4.90 Å². The molecule has 0 heterocycles. The van der Waals surface area contributed by atoms with Crippen molar-refractivity contribution in [2.75, 3.05) is 13.6 Å². The normalized spacial score (nSPS) is 29.3. The molecule has 3 atom stereocenters. The van der Waals surface area contributed by atoms with Gasteiger partial charge in [0.05, 0.1) is 12.0 Å². The van der Waals surface area contributed by atoms with Crippen LogP contribution in [0.3, 0.4) is 0 Å².